The molecule has 2 heterocycles. The standard InChI is InChI=1S/C28H29NO4S/c1-6-18-9-11-19(12-10-18)29-25(23-8-7-13-34-23)24(27(31)28(29)32)26(30)21-15-20(16(2)3)22(33-5)14-17(21)4/h7-16,25,30H,6H2,1-5H3/b26-24+. The Balaban J connectivity index is 1.93. The van der Waals surface area contributed by atoms with Crippen molar-refractivity contribution in [2.24, 2.45) is 0 Å². The molecule has 0 saturated carbocycles. The van der Waals surface area contributed by atoms with Gasteiger partial charge in [-0.3, -0.25) is 14.5 Å². The molecule has 1 amide bonds. The SMILES string of the molecule is CCc1ccc(N2C(=O)C(=O)/C(=C(/O)c3cc(C(C)C)c(OC)cc3C)C2c2cccs2)cc1. The number of hydrogen-bond acceptors (Lipinski definition) is 5. The molecule has 1 unspecified atom stereocenters. The molecule has 1 N–H and O–H groups in total. The predicted octanol–water partition coefficient (Wildman–Crippen LogP) is 6.38. The molecule has 0 bridgehead atoms. The number of hydrogen-bond donors (Lipinski definition) is 1. The smallest absolute Gasteiger partial charge is 0.300 e. The van der Waals surface area contributed by atoms with Crippen molar-refractivity contribution in [2.75, 3.05) is 12.0 Å². The summed E-state index contributed by atoms with van der Waals surface area (Å²) in [6, 6.07) is 14.5. The molecule has 5 nitrogen and oxygen atoms in total. The number of Topliss-reactive ketones (excluding diaryl/α,β-unsaturated/α-hetero) is 1. The van der Waals surface area contributed by atoms with E-state index in [1.54, 1.807) is 7.11 Å². The van der Waals surface area contributed by atoms with E-state index < -0.39 is 17.7 Å². The average molecular weight is 476 g/mol. The van der Waals surface area contributed by atoms with Crippen LogP contribution in [-0.2, 0) is 16.0 Å². The van der Waals surface area contributed by atoms with Gasteiger partial charge >= 0.3 is 0 Å². The zero-order valence-electron chi connectivity index (χ0n) is 20.1. The van der Waals surface area contributed by atoms with Crippen LogP contribution in [0.2, 0.25) is 0 Å². The van der Waals surface area contributed by atoms with E-state index in [1.165, 1.54) is 16.2 Å². The van der Waals surface area contributed by atoms with Gasteiger partial charge in [0.15, 0.2) is 0 Å². The lowest BCUT2D eigenvalue weighted by atomic mass is 9.92. The van der Waals surface area contributed by atoms with Crippen molar-refractivity contribution >= 4 is 34.5 Å². The van der Waals surface area contributed by atoms with Crippen molar-refractivity contribution in [1.29, 1.82) is 0 Å². The van der Waals surface area contributed by atoms with Gasteiger partial charge in [0.1, 0.15) is 17.6 Å². The van der Waals surface area contributed by atoms with Crippen molar-refractivity contribution in [3.63, 3.8) is 0 Å². The summed E-state index contributed by atoms with van der Waals surface area (Å²) < 4.78 is 5.53. The summed E-state index contributed by atoms with van der Waals surface area (Å²) in [4.78, 5) is 29.0. The first-order chi connectivity index (χ1) is 16.3. The van der Waals surface area contributed by atoms with Gasteiger partial charge in [0.05, 0.1) is 12.7 Å². The summed E-state index contributed by atoms with van der Waals surface area (Å²) in [5.74, 6) is -0.604. The second-order valence-electron chi connectivity index (χ2n) is 8.77. The van der Waals surface area contributed by atoms with E-state index in [1.807, 2.05) is 74.7 Å². The Labute approximate surface area is 204 Å². The third-order valence-electron chi connectivity index (χ3n) is 6.33. The number of amides is 1. The summed E-state index contributed by atoms with van der Waals surface area (Å²) in [6.45, 7) is 8.01. The van der Waals surface area contributed by atoms with Gasteiger partial charge in [-0.25, -0.2) is 0 Å². The predicted molar refractivity (Wildman–Crippen MR) is 137 cm³/mol. The quantitative estimate of drug-likeness (QED) is 0.255. The molecule has 6 heteroatoms. The Morgan fingerprint density at radius 2 is 1.85 bits per heavy atom. The molecule has 0 radical (unpaired) electrons. The molecule has 4 rings (SSSR count). The minimum absolute atomic E-state index is 0.106. The van der Waals surface area contributed by atoms with Crippen LogP contribution >= 0.6 is 11.3 Å². The number of aryl methyl sites for hydroxylation is 2. The zero-order valence-corrected chi connectivity index (χ0v) is 20.9. The number of ether oxygens (including phenoxy) is 1. The molecule has 176 valence electrons. The summed E-state index contributed by atoms with van der Waals surface area (Å²) in [6.07, 6.45) is 0.877. The largest absolute Gasteiger partial charge is 0.507 e. The maximum atomic E-state index is 13.4. The summed E-state index contributed by atoms with van der Waals surface area (Å²) in [5, 5.41) is 13.4. The van der Waals surface area contributed by atoms with Crippen LogP contribution in [0, 0.1) is 6.92 Å². The highest BCUT2D eigenvalue weighted by molar-refractivity contribution is 7.10. The molecule has 0 spiro atoms. The molecule has 34 heavy (non-hydrogen) atoms. The van der Waals surface area contributed by atoms with Crippen LogP contribution in [0.1, 0.15) is 59.9 Å². The number of carbonyl (C=O) groups is 2. The van der Waals surface area contributed by atoms with Crippen LogP contribution in [0.15, 0.2) is 59.5 Å². The first-order valence-electron chi connectivity index (χ1n) is 11.4. The lowest BCUT2D eigenvalue weighted by Gasteiger charge is -2.24. The number of carbonyl (C=O) groups excluding carboxylic acids is 2. The van der Waals surface area contributed by atoms with E-state index in [4.69, 9.17) is 4.74 Å². The molecular formula is C28H29NO4S. The summed E-state index contributed by atoms with van der Waals surface area (Å²) >= 11 is 1.45. The van der Waals surface area contributed by atoms with Gasteiger partial charge in [0.25, 0.3) is 11.7 Å². The third-order valence-corrected chi connectivity index (χ3v) is 7.26. The first-order valence-corrected chi connectivity index (χ1v) is 12.3. The second-order valence-corrected chi connectivity index (χ2v) is 9.75. The molecule has 2 aromatic carbocycles. The molecule has 1 aliphatic rings. The molecular weight excluding hydrogens is 446 g/mol. The third kappa shape index (κ3) is 4.03. The molecule has 1 fully saturated rings. The van der Waals surface area contributed by atoms with Crippen LogP contribution in [0.5, 0.6) is 5.75 Å². The van der Waals surface area contributed by atoms with Gasteiger partial charge in [-0.15, -0.1) is 11.3 Å². The topological polar surface area (TPSA) is 66.8 Å². The van der Waals surface area contributed by atoms with Crippen molar-refractivity contribution in [1.82, 2.24) is 0 Å². The minimum Gasteiger partial charge on any atom is -0.507 e. The molecule has 1 saturated heterocycles. The van der Waals surface area contributed by atoms with Gasteiger partial charge in [-0.2, -0.15) is 0 Å². The molecule has 3 aromatic rings. The number of anilines is 1. The monoisotopic (exact) mass is 475 g/mol. The number of aliphatic hydroxyl groups is 1. The maximum Gasteiger partial charge on any atom is 0.300 e. The van der Waals surface area contributed by atoms with Gasteiger partial charge in [-0.05, 0) is 71.7 Å². The van der Waals surface area contributed by atoms with Crippen LogP contribution in [0.3, 0.4) is 0 Å². The highest BCUT2D eigenvalue weighted by atomic mass is 32.1. The van der Waals surface area contributed by atoms with E-state index in [2.05, 4.69) is 6.92 Å². The van der Waals surface area contributed by atoms with Gasteiger partial charge < -0.3 is 9.84 Å². The van der Waals surface area contributed by atoms with Gasteiger partial charge in [0, 0.05) is 16.1 Å². The summed E-state index contributed by atoms with van der Waals surface area (Å²) in [5.41, 5.74) is 4.10. The second kappa shape index (κ2) is 9.47. The Hall–Kier alpha value is -3.38. The maximum absolute atomic E-state index is 13.4. The van der Waals surface area contributed by atoms with E-state index >= 15 is 0 Å². The number of rotatable bonds is 6. The highest BCUT2D eigenvalue weighted by Gasteiger charge is 2.47. The van der Waals surface area contributed by atoms with Gasteiger partial charge in [0.2, 0.25) is 0 Å². The molecule has 1 aliphatic heterocycles. The normalized spacial score (nSPS) is 17.6. The highest BCUT2D eigenvalue weighted by Crippen LogP contribution is 2.44. The van der Waals surface area contributed by atoms with E-state index in [0.717, 1.165) is 33.7 Å². The molecule has 1 aromatic heterocycles. The van der Waals surface area contributed by atoms with Crippen molar-refractivity contribution in [2.45, 2.75) is 46.1 Å². The number of nitrogens with zero attached hydrogens (tertiary/aromatic N) is 1. The van der Waals surface area contributed by atoms with Crippen molar-refractivity contribution in [3.8, 4) is 5.75 Å². The van der Waals surface area contributed by atoms with Crippen LogP contribution in [0.25, 0.3) is 5.76 Å². The van der Waals surface area contributed by atoms with Crippen LogP contribution < -0.4 is 9.64 Å². The van der Waals surface area contributed by atoms with Crippen molar-refractivity contribution < 1.29 is 19.4 Å². The average Bonchev–Trinajstić information content (AvgIpc) is 3.45. The fourth-order valence-electron chi connectivity index (χ4n) is 4.43. The Morgan fingerprint density at radius 3 is 2.41 bits per heavy atom. The number of thiophene rings is 1. The van der Waals surface area contributed by atoms with Gasteiger partial charge in [-0.1, -0.05) is 39.0 Å². The van der Waals surface area contributed by atoms with Crippen LogP contribution in [0.4, 0.5) is 5.69 Å². The van der Waals surface area contributed by atoms with Crippen LogP contribution in [-0.4, -0.2) is 23.9 Å². The van der Waals surface area contributed by atoms with E-state index in [-0.39, 0.29) is 17.3 Å². The zero-order chi connectivity index (χ0) is 24.6. The number of methoxy groups -OCH3 is 1. The van der Waals surface area contributed by atoms with Crippen molar-refractivity contribution in [3.05, 3.63) is 86.6 Å². The minimum atomic E-state index is -0.698. The fourth-order valence-corrected chi connectivity index (χ4v) is 5.26. The Bertz CT molecular complexity index is 1260. The lowest BCUT2D eigenvalue weighted by Crippen LogP contribution is -2.29. The lowest BCUT2D eigenvalue weighted by molar-refractivity contribution is -0.132. The van der Waals surface area contributed by atoms with E-state index in [0.29, 0.717) is 11.3 Å². The first kappa shape index (κ1) is 23.8. The Kier molecular flexibility index (Phi) is 6.62. The fraction of sp³-hybridized carbons (Fsp3) is 0.286. The molecule has 1 atom stereocenters. The van der Waals surface area contributed by atoms with E-state index in [9.17, 15) is 14.7 Å². The number of benzene rings is 2. The summed E-state index contributed by atoms with van der Waals surface area (Å²) in [7, 11) is 1.62. The molecule has 0 aliphatic carbocycles. The Morgan fingerprint density at radius 1 is 1.15 bits per heavy atom. The number of ketones is 1. The number of aliphatic hydroxyl groups excluding tert-OH is 1.